The number of nitrogens with one attached hydrogen (secondary N) is 1. The molecule has 0 radical (unpaired) electrons. The fourth-order valence-electron chi connectivity index (χ4n) is 2.08. The van der Waals surface area contributed by atoms with Gasteiger partial charge in [0.1, 0.15) is 6.54 Å². The summed E-state index contributed by atoms with van der Waals surface area (Å²) in [6, 6.07) is 10.1. The molecule has 0 fully saturated rings. The van der Waals surface area contributed by atoms with Crippen molar-refractivity contribution in [1.82, 2.24) is 19.7 Å². The predicted octanol–water partition coefficient (Wildman–Crippen LogP) is 3.00. The van der Waals surface area contributed by atoms with Crippen molar-refractivity contribution in [3.8, 4) is 11.4 Å². The van der Waals surface area contributed by atoms with E-state index < -0.39 is 17.8 Å². The Kier molecular flexibility index (Phi) is 4.46. The normalized spacial score (nSPS) is 11.3. The van der Waals surface area contributed by atoms with E-state index in [9.17, 15) is 18.0 Å². The van der Waals surface area contributed by atoms with Gasteiger partial charge in [0, 0.05) is 11.8 Å². The Balaban J connectivity index is 1.62. The summed E-state index contributed by atoms with van der Waals surface area (Å²) in [6.45, 7) is -0.351. The van der Waals surface area contributed by atoms with E-state index in [2.05, 4.69) is 20.4 Å². The van der Waals surface area contributed by atoms with Crippen LogP contribution in [0.3, 0.4) is 0 Å². The number of aromatic nitrogens is 4. The SMILES string of the molecule is O=C(Cn1ccc(C(F)(F)F)n1)Nc1cnc(-c2ccccc2)nc1. The molecule has 0 saturated carbocycles. The maximum Gasteiger partial charge on any atom is 0.435 e. The van der Waals surface area contributed by atoms with Gasteiger partial charge in [-0.25, -0.2) is 9.97 Å². The van der Waals surface area contributed by atoms with Crippen molar-refractivity contribution < 1.29 is 18.0 Å². The highest BCUT2D eigenvalue weighted by Gasteiger charge is 2.33. The summed E-state index contributed by atoms with van der Waals surface area (Å²) in [5.74, 6) is -0.0339. The summed E-state index contributed by atoms with van der Waals surface area (Å²) in [5.41, 5.74) is 0.125. The van der Waals surface area contributed by atoms with Gasteiger partial charge in [-0.3, -0.25) is 9.48 Å². The van der Waals surface area contributed by atoms with Gasteiger partial charge in [-0.1, -0.05) is 30.3 Å². The Bertz CT molecular complexity index is 859. The second-order valence-electron chi connectivity index (χ2n) is 5.11. The molecule has 0 aliphatic rings. The molecule has 0 unspecified atom stereocenters. The van der Waals surface area contributed by atoms with Crippen molar-refractivity contribution in [2.45, 2.75) is 12.7 Å². The van der Waals surface area contributed by atoms with Crippen molar-refractivity contribution in [2.75, 3.05) is 5.32 Å². The summed E-state index contributed by atoms with van der Waals surface area (Å²) in [6.07, 6.45) is -0.588. The van der Waals surface area contributed by atoms with Crippen LogP contribution in [0.2, 0.25) is 0 Å². The van der Waals surface area contributed by atoms with Crippen molar-refractivity contribution in [3.63, 3.8) is 0 Å². The van der Waals surface area contributed by atoms with E-state index in [4.69, 9.17) is 0 Å². The summed E-state index contributed by atoms with van der Waals surface area (Å²) < 4.78 is 38.3. The molecule has 2 aromatic heterocycles. The second kappa shape index (κ2) is 6.71. The second-order valence-corrected chi connectivity index (χ2v) is 5.11. The molecule has 128 valence electrons. The summed E-state index contributed by atoms with van der Waals surface area (Å²) in [4.78, 5) is 20.2. The minimum atomic E-state index is -4.54. The topological polar surface area (TPSA) is 72.7 Å². The van der Waals surface area contributed by atoms with Gasteiger partial charge >= 0.3 is 6.18 Å². The number of halogens is 3. The molecule has 1 N–H and O–H groups in total. The molecule has 0 aliphatic carbocycles. The van der Waals surface area contributed by atoms with E-state index >= 15 is 0 Å². The van der Waals surface area contributed by atoms with E-state index in [1.807, 2.05) is 30.3 Å². The number of amides is 1. The highest BCUT2D eigenvalue weighted by Crippen LogP contribution is 2.27. The van der Waals surface area contributed by atoms with Gasteiger partial charge < -0.3 is 5.32 Å². The number of rotatable bonds is 4. The molecule has 9 heteroatoms. The van der Waals surface area contributed by atoms with Gasteiger partial charge in [0.15, 0.2) is 11.5 Å². The van der Waals surface area contributed by atoms with Gasteiger partial charge in [-0.15, -0.1) is 0 Å². The van der Waals surface area contributed by atoms with E-state index in [1.54, 1.807) is 0 Å². The van der Waals surface area contributed by atoms with Crippen LogP contribution in [0, 0.1) is 0 Å². The predicted molar refractivity (Wildman–Crippen MR) is 83.3 cm³/mol. The molecular weight excluding hydrogens is 335 g/mol. The molecule has 0 aliphatic heterocycles. The van der Waals surface area contributed by atoms with Crippen LogP contribution in [0.5, 0.6) is 0 Å². The van der Waals surface area contributed by atoms with E-state index in [-0.39, 0.29) is 6.54 Å². The standard InChI is InChI=1S/C16H12F3N5O/c17-16(18,19)13-6-7-24(23-13)10-14(25)22-12-8-20-15(21-9-12)11-4-2-1-3-5-11/h1-9H,10H2,(H,22,25). The maximum atomic E-state index is 12.5. The van der Waals surface area contributed by atoms with Crippen molar-refractivity contribution in [1.29, 1.82) is 0 Å². The van der Waals surface area contributed by atoms with Crippen molar-refractivity contribution in [3.05, 3.63) is 60.7 Å². The van der Waals surface area contributed by atoms with Gasteiger partial charge in [0.05, 0.1) is 18.1 Å². The third-order valence-electron chi connectivity index (χ3n) is 3.20. The quantitative estimate of drug-likeness (QED) is 0.787. The average molecular weight is 347 g/mol. The smallest absolute Gasteiger partial charge is 0.322 e. The molecule has 2 heterocycles. The third-order valence-corrected chi connectivity index (χ3v) is 3.20. The van der Waals surface area contributed by atoms with Gasteiger partial charge in [0.2, 0.25) is 5.91 Å². The van der Waals surface area contributed by atoms with Crippen LogP contribution >= 0.6 is 0 Å². The maximum absolute atomic E-state index is 12.5. The first-order valence-corrected chi connectivity index (χ1v) is 7.20. The molecule has 1 aromatic carbocycles. The van der Waals surface area contributed by atoms with Crippen LogP contribution in [0.4, 0.5) is 18.9 Å². The average Bonchev–Trinajstić information content (AvgIpc) is 3.05. The first-order chi connectivity index (χ1) is 11.9. The summed E-state index contributed by atoms with van der Waals surface area (Å²) in [7, 11) is 0. The Morgan fingerprint density at radius 1 is 1.08 bits per heavy atom. The molecule has 3 rings (SSSR count). The number of hydrogen-bond donors (Lipinski definition) is 1. The zero-order chi connectivity index (χ0) is 17.9. The number of alkyl halides is 3. The van der Waals surface area contributed by atoms with Crippen LogP contribution in [0.15, 0.2) is 55.0 Å². The van der Waals surface area contributed by atoms with Crippen LogP contribution < -0.4 is 5.32 Å². The lowest BCUT2D eigenvalue weighted by Gasteiger charge is -2.06. The monoisotopic (exact) mass is 347 g/mol. The van der Waals surface area contributed by atoms with E-state index in [0.717, 1.165) is 22.5 Å². The van der Waals surface area contributed by atoms with Crippen molar-refractivity contribution >= 4 is 11.6 Å². The zero-order valence-electron chi connectivity index (χ0n) is 12.7. The first kappa shape index (κ1) is 16.6. The van der Waals surface area contributed by atoms with Gasteiger partial charge in [-0.2, -0.15) is 18.3 Å². The van der Waals surface area contributed by atoms with Crippen LogP contribution in [-0.2, 0) is 17.5 Å². The largest absolute Gasteiger partial charge is 0.435 e. The molecule has 0 saturated heterocycles. The number of hydrogen-bond acceptors (Lipinski definition) is 4. The van der Waals surface area contributed by atoms with Gasteiger partial charge in [0.25, 0.3) is 0 Å². The molecule has 6 nitrogen and oxygen atoms in total. The fraction of sp³-hybridized carbons (Fsp3) is 0.125. The number of benzene rings is 1. The number of anilines is 1. The third kappa shape index (κ3) is 4.19. The molecule has 25 heavy (non-hydrogen) atoms. The highest BCUT2D eigenvalue weighted by molar-refractivity contribution is 5.90. The van der Waals surface area contributed by atoms with Crippen LogP contribution in [0.1, 0.15) is 5.69 Å². The minimum Gasteiger partial charge on any atom is -0.322 e. The Hall–Kier alpha value is -3.23. The summed E-state index contributed by atoms with van der Waals surface area (Å²) >= 11 is 0. The molecule has 1 amide bonds. The molecule has 0 spiro atoms. The zero-order valence-corrected chi connectivity index (χ0v) is 12.7. The van der Waals surface area contributed by atoms with Crippen LogP contribution in [-0.4, -0.2) is 25.7 Å². The first-order valence-electron chi connectivity index (χ1n) is 7.20. The molecular formula is C16H12F3N5O. The number of carbonyl (C=O) groups excluding carboxylic acids is 1. The molecule has 0 atom stereocenters. The molecule has 0 bridgehead atoms. The lowest BCUT2D eigenvalue weighted by Crippen LogP contribution is -2.20. The Morgan fingerprint density at radius 2 is 1.76 bits per heavy atom. The fourth-order valence-corrected chi connectivity index (χ4v) is 2.08. The molecule has 3 aromatic rings. The van der Waals surface area contributed by atoms with Crippen LogP contribution in [0.25, 0.3) is 11.4 Å². The van der Waals surface area contributed by atoms with E-state index in [0.29, 0.717) is 11.5 Å². The minimum absolute atomic E-state index is 0.341. The number of carbonyl (C=O) groups is 1. The summed E-state index contributed by atoms with van der Waals surface area (Å²) in [5, 5.41) is 5.83. The number of nitrogens with zero attached hydrogens (tertiary/aromatic N) is 4. The lowest BCUT2D eigenvalue weighted by atomic mass is 10.2. The van der Waals surface area contributed by atoms with Gasteiger partial charge in [-0.05, 0) is 6.07 Å². The Labute approximate surface area is 140 Å². The Morgan fingerprint density at radius 3 is 2.36 bits per heavy atom. The van der Waals surface area contributed by atoms with E-state index in [1.165, 1.54) is 12.4 Å². The highest BCUT2D eigenvalue weighted by atomic mass is 19.4. The van der Waals surface area contributed by atoms with Crippen molar-refractivity contribution in [2.24, 2.45) is 0 Å². The lowest BCUT2D eigenvalue weighted by molar-refractivity contribution is -0.141.